The van der Waals surface area contributed by atoms with Gasteiger partial charge < -0.3 is 5.32 Å². The zero-order chi connectivity index (χ0) is 14.7. The topological polar surface area (TPSA) is 66.5 Å². The van der Waals surface area contributed by atoms with Gasteiger partial charge in [0.05, 0.1) is 23.8 Å². The van der Waals surface area contributed by atoms with Gasteiger partial charge in [-0.3, -0.25) is 4.68 Å². The van der Waals surface area contributed by atoms with E-state index in [1.807, 2.05) is 54.3 Å². The van der Waals surface area contributed by atoms with Crippen molar-refractivity contribution in [3.8, 4) is 6.07 Å². The van der Waals surface area contributed by atoms with Gasteiger partial charge in [-0.15, -0.1) is 0 Å². The summed E-state index contributed by atoms with van der Waals surface area (Å²) in [7, 11) is 0. The summed E-state index contributed by atoms with van der Waals surface area (Å²) in [6, 6.07) is 11.8. The van der Waals surface area contributed by atoms with Gasteiger partial charge in [-0.25, -0.2) is 4.98 Å². The lowest BCUT2D eigenvalue weighted by Crippen LogP contribution is -2.12. The summed E-state index contributed by atoms with van der Waals surface area (Å²) in [5.74, 6) is 0.625. The molecular formula is C16H15N5. The largest absolute Gasteiger partial charge is 0.367 e. The minimum absolute atomic E-state index is 0.561. The molecule has 1 N–H and O–H groups in total. The number of hydrogen-bond donors (Lipinski definition) is 1. The minimum atomic E-state index is 0.561. The van der Waals surface area contributed by atoms with Crippen LogP contribution in [0.25, 0.3) is 10.9 Å². The molecule has 0 bridgehead atoms. The number of nitrogens with one attached hydrogen (secondary N) is 1. The smallest absolute Gasteiger partial charge is 0.144 e. The second kappa shape index (κ2) is 5.63. The fourth-order valence-corrected chi connectivity index (χ4v) is 2.21. The van der Waals surface area contributed by atoms with E-state index in [2.05, 4.69) is 21.5 Å². The molecule has 0 saturated heterocycles. The Labute approximate surface area is 122 Å². The van der Waals surface area contributed by atoms with Gasteiger partial charge in [0.25, 0.3) is 0 Å². The maximum absolute atomic E-state index is 9.25. The standard InChI is InChI=1S/C16H15N5/c1-12-10-19-21(11-12)7-6-18-16-14(9-17)8-13-4-2-3-5-15(13)20-16/h2-5,8,10-11H,6-7H2,1H3,(H,18,20). The van der Waals surface area contributed by atoms with Crippen LogP contribution in [0.1, 0.15) is 11.1 Å². The normalized spacial score (nSPS) is 10.5. The van der Waals surface area contributed by atoms with Gasteiger partial charge in [-0.2, -0.15) is 10.4 Å². The molecule has 0 radical (unpaired) electrons. The van der Waals surface area contributed by atoms with Gasteiger partial charge in [0.1, 0.15) is 11.9 Å². The molecule has 3 rings (SSSR count). The third kappa shape index (κ3) is 2.84. The van der Waals surface area contributed by atoms with E-state index >= 15 is 0 Å². The van der Waals surface area contributed by atoms with Gasteiger partial charge in [0.2, 0.25) is 0 Å². The second-order valence-electron chi connectivity index (χ2n) is 4.90. The van der Waals surface area contributed by atoms with E-state index in [1.54, 1.807) is 0 Å². The fraction of sp³-hybridized carbons (Fsp3) is 0.188. The van der Waals surface area contributed by atoms with E-state index in [0.29, 0.717) is 17.9 Å². The maximum Gasteiger partial charge on any atom is 0.144 e. The molecular weight excluding hydrogens is 262 g/mol. The number of para-hydroxylation sites is 1. The molecule has 3 aromatic rings. The van der Waals surface area contributed by atoms with Crippen LogP contribution in [0.4, 0.5) is 5.82 Å². The number of aromatic nitrogens is 3. The molecule has 0 aliphatic carbocycles. The number of hydrogen-bond acceptors (Lipinski definition) is 4. The van der Waals surface area contributed by atoms with Crippen LogP contribution in [0.5, 0.6) is 0 Å². The molecule has 2 heterocycles. The Morgan fingerprint density at radius 3 is 2.95 bits per heavy atom. The van der Waals surface area contributed by atoms with Crippen LogP contribution < -0.4 is 5.32 Å². The fourth-order valence-electron chi connectivity index (χ4n) is 2.21. The number of nitrogens with zero attached hydrogens (tertiary/aromatic N) is 4. The number of rotatable bonds is 4. The summed E-state index contributed by atoms with van der Waals surface area (Å²) in [6.07, 6.45) is 3.82. The average Bonchev–Trinajstić information content (AvgIpc) is 2.92. The highest BCUT2D eigenvalue weighted by molar-refractivity contribution is 5.82. The number of aryl methyl sites for hydroxylation is 1. The Hall–Kier alpha value is -2.87. The van der Waals surface area contributed by atoms with Crippen molar-refractivity contribution in [1.82, 2.24) is 14.8 Å². The number of nitriles is 1. The van der Waals surface area contributed by atoms with Crippen LogP contribution in [0.15, 0.2) is 42.7 Å². The van der Waals surface area contributed by atoms with Crippen molar-refractivity contribution >= 4 is 16.7 Å². The summed E-state index contributed by atoms with van der Waals surface area (Å²) in [5, 5.41) is 17.7. The Morgan fingerprint density at radius 2 is 2.19 bits per heavy atom. The zero-order valence-corrected chi connectivity index (χ0v) is 11.7. The molecule has 2 aromatic heterocycles. The number of benzene rings is 1. The van der Waals surface area contributed by atoms with Crippen LogP contribution in [0, 0.1) is 18.3 Å². The molecule has 1 aromatic carbocycles. The van der Waals surface area contributed by atoms with Crippen LogP contribution in [0.3, 0.4) is 0 Å². The highest BCUT2D eigenvalue weighted by atomic mass is 15.3. The third-order valence-corrected chi connectivity index (χ3v) is 3.24. The van der Waals surface area contributed by atoms with Crippen LogP contribution >= 0.6 is 0 Å². The van der Waals surface area contributed by atoms with Crippen LogP contribution in [-0.4, -0.2) is 21.3 Å². The SMILES string of the molecule is Cc1cnn(CCNc2nc3ccccc3cc2C#N)c1. The summed E-state index contributed by atoms with van der Waals surface area (Å²) >= 11 is 0. The highest BCUT2D eigenvalue weighted by Crippen LogP contribution is 2.19. The number of fused-ring (bicyclic) bond motifs is 1. The summed E-state index contributed by atoms with van der Waals surface area (Å²) in [6.45, 7) is 3.41. The van der Waals surface area contributed by atoms with Crippen molar-refractivity contribution < 1.29 is 0 Å². The van der Waals surface area contributed by atoms with Crippen LogP contribution in [-0.2, 0) is 6.54 Å². The predicted octanol–water partition coefficient (Wildman–Crippen LogP) is 2.72. The van der Waals surface area contributed by atoms with Crippen molar-refractivity contribution in [2.45, 2.75) is 13.5 Å². The van der Waals surface area contributed by atoms with Crippen molar-refractivity contribution in [1.29, 1.82) is 5.26 Å². The number of anilines is 1. The molecule has 0 atom stereocenters. The molecule has 0 saturated carbocycles. The molecule has 0 fully saturated rings. The zero-order valence-electron chi connectivity index (χ0n) is 11.7. The Bertz CT molecular complexity index is 813. The molecule has 0 amide bonds. The lowest BCUT2D eigenvalue weighted by molar-refractivity contribution is 0.637. The Kier molecular flexibility index (Phi) is 3.52. The van der Waals surface area contributed by atoms with E-state index < -0.39 is 0 Å². The summed E-state index contributed by atoms with van der Waals surface area (Å²) < 4.78 is 1.87. The first-order valence-electron chi connectivity index (χ1n) is 6.79. The maximum atomic E-state index is 9.25. The van der Waals surface area contributed by atoms with E-state index in [4.69, 9.17) is 0 Å². The first kappa shape index (κ1) is 13.1. The Balaban J connectivity index is 1.78. The minimum Gasteiger partial charge on any atom is -0.367 e. The molecule has 104 valence electrons. The molecule has 5 heteroatoms. The van der Waals surface area contributed by atoms with Gasteiger partial charge in [0, 0.05) is 18.1 Å². The lowest BCUT2D eigenvalue weighted by Gasteiger charge is -2.09. The van der Waals surface area contributed by atoms with E-state index in [1.165, 1.54) is 0 Å². The molecule has 21 heavy (non-hydrogen) atoms. The quantitative estimate of drug-likeness (QED) is 0.796. The predicted molar refractivity (Wildman–Crippen MR) is 81.9 cm³/mol. The molecule has 0 aliphatic heterocycles. The van der Waals surface area contributed by atoms with Crippen LogP contribution in [0.2, 0.25) is 0 Å². The monoisotopic (exact) mass is 277 g/mol. The van der Waals surface area contributed by atoms with Gasteiger partial charge in [0.15, 0.2) is 0 Å². The van der Waals surface area contributed by atoms with Crippen molar-refractivity contribution in [2.75, 3.05) is 11.9 Å². The van der Waals surface area contributed by atoms with Gasteiger partial charge in [-0.05, 0) is 24.6 Å². The first-order valence-corrected chi connectivity index (χ1v) is 6.79. The summed E-state index contributed by atoms with van der Waals surface area (Å²) in [5.41, 5.74) is 2.58. The second-order valence-corrected chi connectivity index (χ2v) is 4.90. The molecule has 0 aliphatic rings. The summed E-state index contributed by atoms with van der Waals surface area (Å²) in [4.78, 5) is 4.52. The van der Waals surface area contributed by atoms with Crippen molar-refractivity contribution in [2.24, 2.45) is 0 Å². The molecule has 0 spiro atoms. The van der Waals surface area contributed by atoms with Crippen molar-refractivity contribution in [3.05, 3.63) is 53.9 Å². The lowest BCUT2D eigenvalue weighted by atomic mass is 10.1. The van der Waals surface area contributed by atoms with E-state index in [9.17, 15) is 5.26 Å². The number of pyridine rings is 1. The average molecular weight is 277 g/mol. The van der Waals surface area contributed by atoms with E-state index in [-0.39, 0.29) is 0 Å². The molecule has 5 nitrogen and oxygen atoms in total. The highest BCUT2D eigenvalue weighted by Gasteiger charge is 2.06. The molecule has 0 unspecified atom stereocenters. The van der Waals surface area contributed by atoms with Gasteiger partial charge in [-0.1, -0.05) is 18.2 Å². The third-order valence-electron chi connectivity index (χ3n) is 3.24. The van der Waals surface area contributed by atoms with E-state index in [0.717, 1.165) is 23.0 Å². The first-order chi connectivity index (χ1) is 10.3. The Morgan fingerprint density at radius 1 is 1.33 bits per heavy atom. The van der Waals surface area contributed by atoms with Crippen molar-refractivity contribution in [3.63, 3.8) is 0 Å². The van der Waals surface area contributed by atoms with Gasteiger partial charge >= 0.3 is 0 Å².